The molecule has 0 aliphatic carbocycles. The van der Waals surface area contributed by atoms with Crippen LogP contribution in [0.2, 0.25) is 5.02 Å². The Balaban J connectivity index is 1.73. The average molecular weight is 405 g/mol. The first-order chi connectivity index (χ1) is 12.8. The maximum absolute atomic E-state index is 12.7. The maximum Gasteiger partial charge on any atom is 0.243 e. The van der Waals surface area contributed by atoms with E-state index in [0.29, 0.717) is 23.8 Å². The summed E-state index contributed by atoms with van der Waals surface area (Å²) in [6, 6.07) is 16.5. The van der Waals surface area contributed by atoms with Crippen LogP contribution in [0.1, 0.15) is 12.0 Å². The van der Waals surface area contributed by atoms with Crippen LogP contribution in [0.15, 0.2) is 60.7 Å². The van der Waals surface area contributed by atoms with E-state index in [-0.39, 0.29) is 12.5 Å². The molecule has 0 N–H and O–H groups in total. The summed E-state index contributed by atoms with van der Waals surface area (Å²) in [7, 11) is -3.61. The van der Waals surface area contributed by atoms with Crippen LogP contribution in [0.5, 0.6) is 0 Å². The molecule has 5 nitrogen and oxygen atoms in total. The van der Waals surface area contributed by atoms with E-state index < -0.39 is 10.0 Å². The molecule has 0 unspecified atom stereocenters. The molecule has 0 radical (unpaired) electrons. The van der Waals surface area contributed by atoms with Gasteiger partial charge in [-0.15, -0.1) is 0 Å². The smallest absolute Gasteiger partial charge is 0.243 e. The molecule has 0 saturated carbocycles. The van der Waals surface area contributed by atoms with Crippen LogP contribution >= 0.6 is 11.6 Å². The minimum atomic E-state index is -3.61. The lowest BCUT2D eigenvalue weighted by atomic mass is 9.99. The van der Waals surface area contributed by atoms with Crippen molar-refractivity contribution in [3.8, 4) is 0 Å². The van der Waals surface area contributed by atoms with E-state index in [2.05, 4.69) is 0 Å². The lowest BCUT2D eigenvalue weighted by Gasteiger charge is -2.30. The molecular weight excluding hydrogens is 384 g/mol. The van der Waals surface area contributed by atoms with Crippen molar-refractivity contribution in [2.75, 3.05) is 30.2 Å². The van der Waals surface area contributed by atoms with Gasteiger partial charge in [0.1, 0.15) is 6.54 Å². The second-order valence-corrected chi connectivity index (χ2v) is 8.78. The van der Waals surface area contributed by atoms with Gasteiger partial charge >= 0.3 is 0 Å². The number of halogens is 1. The number of amides is 1. The molecule has 2 aromatic rings. The van der Waals surface area contributed by atoms with Crippen LogP contribution in [-0.2, 0) is 14.8 Å². The highest BCUT2D eigenvalue weighted by molar-refractivity contribution is 7.92. The van der Waals surface area contributed by atoms with Crippen molar-refractivity contribution in [1.82, 2.24) is 4.90 Å². The van der Waals surface area contributed by atoms with Crippen LogP contribution in [0.4, 0.5) is 5.69 Å². The quantitative estimate of drug-likeness (QED) is 0.767. The lowest BCUT2D eigenvalue weighted by Crippen LogP contribution is -2.44. The van der Waals surface area contributed by atoms with Crippen LogP contribution in [0.3, 0.4) is 0 Å². The third-order valence-electron chi connectivity index (χ3n) is 4.48. The molecule has 1 heterocycles. The summed E-state index contributed by atoms with van der Waals surface area (Å²) in [5.74, 6) is -0.233. The Kier molecular flexibility index (Phi) is 5.87. The van der Waals surface area contributed by atoms with E-state index in [1.165, 1.54) is 5.57 Å². The van der Waals surface area contributed by atoms with Crippen molar-refractivity contribution < 1.29 is 13.2 Å². The number of hydrogen-bond acceptors (Lipinski definition) is 3. The van der Waals surface area contributed by atoms with E-state index >= 15 is 0 Å². The standard InChI is InChI=1S/C20H21ClN2O3S/c1-27(25,26)23(19-9-5-8-18(21)14-19)15-20(24)22-12-10-17(11-13-22)16-6-3-2-4-7-16/h2-10,14H,11-13,15H2,1H3. The first-order valence-electron chi connectivity index (χ1n) is 8.60. The molecule has 3 rings (SSSR count). The summed E-state index contributed by atoms with van der Waals surface area (Å²) in [5.41, 5.74) is 2.74. The fourth-order valence-corrected chi connectivity index (χ4v) is 4.09. The first kappa shape index (κ1) is 19.5. The number of carbonyl (C=O) groups is 1. The van der Waals surface area contributed by atoms with Crippen molar-refractivity contribution in [3.63, 3.8) is 0 Å². The predicted octanol–water partition coefficient (Wildman–Crippen LogP) is 3.42. The van der Waals surface area contributed by atoms with Crippen molar-refractivity contribution >= 4 is 38.8 Å². The maximum atomic E-state index is 12.7. The number of benzene rings is 2. The van der Waals surface area contributed by atoms with Crippen molar-refractivity contribution in [3.05, 3.63) is 71.3 Å². The van der Waals surface area contributed by atoms with Gasteiger partial charge in [-0.05, 0) is 35.8 Å². The highest BCUT2D eigenvalue weighted by atomic mass is 35.5. The fraction of sp³-hybridized carbons (Fsp3) is 0.250. The first-order valence-corrected chi connectivity index (χ1v) is 10.8. The molecular formula is C20H21ClN2O3S. The van der Waals surface area contributed by atoms with Gasteiger partial charge in [0.05, 0.1) is 11.9 Å². The summed E-state index contributed by atoms with van der Waals surface area (Å²) in [6.45, 7) is 0.788. The summed E-state index contributed by atoms with van der Waals surface area (Å²) < 4.78 is 25.5. The van der Waals surface area contributed by atoms with E-state index in [4.69, 9.17) is 11.6 Å². The largest absolute Gasteiger partial charge is 0.337 e. The molecule has 0 atom stereocenters. The fourth-order valence-electron chi connectivity index (χ4n) is 3.06. The Bertz CT molecular complexity index is 958. The summed E-state index contributed by atoms with van der Waals surface area (Å²) in [6.07, 6.45) is 3.86. The van der Waals surface area contributed by atoms with Gasteiger partial charge in [0.15, 0.2) is 0 Å². The van der Waals surface area contributed by atoms with Crippen molar-refractivity contribution in [1.29, 1.82) is 0 Å². The SMILES string of the molecule is CS(=O)(=O)N(CC(=O)N1CC=C(c2ccccc2)CC1)c1cccc(Cl)c1. The molecule has 0 fully saturated rings. The number of sulfonamides is 1. The van der Waals surface area contributed by atoms with Crippen molar-refractivity contribution in [2.24, 2.45) is 0 Å². The molecule has 27 heavy (non-hydrogen) atoms. The normalized spacial score (nSPS) is 14.6. The van der Waals surface area contributed by atoms with Gasteiger partial charge in [0.25, 0.3) is 0 Å². The average Bonchev–Trinajstić information content (AvgIpc) is 2.66. The molecule has 1 aliphatic rings. The van der Waals surface area contributed by atoms with Gasteiger partial charge in [-0.3, -0.25) is 9.10 Å². The molecule has 142 valence electrons. The minimum Gasteiger partial charge on any atom is -0.337 e. The van der Waals surface area contributed by atoms with Gasteiger partial charge in [-0.1, -0.05) is 54.1 Å². The van der Waals surface area contributed by atoms with E-state index in [0.717, 1.165) is 22.5 Å². The zero-order valence-corrected chi connectivity index (χ0v) is 16.6. The van der Waals surface area contributed by atoms with Crippen LogP contribution in [0.25, 0.3) is 5.57 Å². The molecule has 7 heteroatoms. The molecule has 0 aromatic heterocycles. The molecule has 2 aromatic carbocycles. The van der Waals surface area contributed by atoms with Gasteiger partial charge in [0, 0.05) is 18.1 Å². The Hall–Kier alpha value is -2.31. The number of nitrogens with zero attached hydrogens (tertiary/aromatic N) is 2. The number of carbonyl (C=O) groups excluding carboxylic acids is 1. The molecule has 1 amide bonds. The molecule has 0 spiro atoms. The second kappa shape index (κ2) is 8.15. The topological polar surface area (TPSA) is 57.7 Å². The Morgan fingerprint density at radius 1 is 1.15 bits per heavy atom. The summed E-state index contributed by atoms with van der Waals surface area (Å²) in [4.78, 5) is 14.4. The Morgan fingerprint density at radius 3 is 2.48 bits per heavy atom. The van der Waals surface area contributed by atoms with E-state index in [1.54, 1.807) is 29.2 Å². The summed E-state index contributed by atoms with van der Waals surface area (Å²) in [5, 5.41) is 0.419. The lowest BCUT2D eigenvalue weighted by molar-refractivity contribution is -0.129. The second-order valence-electron chi connectivity index (χ2n) is 6.43. The van der Waals surface area contributed by atoms with Gasteiger partial charge in [-0.25, -0.2) is 8.42 Å². The predicted molar refractivity (Wildman–Crippen MR) is 109 cm³/mol. The zero-order chi connectivity index (χ0) is 19.4. The highest BCUT2D eigenvalue weighted by Crippen LogP contribution is 2.24. The van der Waals surface area contributed by atoms with Crippen LogP contribution in [-0.4, -0.2) is 45.1 Å². The van der Waals surface area contributed by atoms with E-state index in [1.807, 2.05) is 36.4 Å². The highest BCUT2D eigenvalue weighted by Gasteiger charge is 2.25. The number of rotatable bonds is 5. The Labute approximate surface area is 164 Å². The Morgan fingerprint density at radius 2 is 1.89 bits per heavy atom. The van der Waals surface area contributed by atoms with Crippen LogP contribution in [0, 0.1) is 0 Å². The third kappa shape index (κ3) is 4.90. The van der Waals surface area contributed by atoms with Gasteiger partial charge in [0.2, 0.25) is 15.9 Å². The monoisotopic (exact) mass is 404 g/mol. The molecule has 0 bridgehead atoms. The summed E-state index contributed by atoms with van der Waals surface area (Å²) >= 11 is 5.97. The van der Waals surface area contributed by atoms with Crippen molar-refractivity contribution in [2.45, 2.75) is 6.42 Å². The van der Waals surface area contributed by atoms with Gasteiger partial charge in [-0.2, -0.15) is 0 Å². The van der Waals surface area contributed by atoms with E-state index in [9.17, 15) is 13.2 Å². The molecule has 0 saturated heterocycles. The third-order valence-corrected chi connectivity index (χ3v) is 5.86. The minimum absolute atomic E-state index is 0.233. The number of hydrogen-bond donors (Lipinski definition) is 0. The van der Waals surface area contributed by atoms with Gasteiger partial charge < -0.3 is 4.90 Å². The molecule has 1 aliphatic heterocycles. The van der Waals surface area contributed by atoms with Crippen LogP contribution < -0.4 is 4.31 Å². The zero-order valence-electron chi connectivity index (χ0n) is 15.0. The number of anilines is 1.